The molecule has 0 saturated carbocycles. The molecule has 11 heteroatoms. The molecule has 2 aromatic heterocycles. The van der Waals surface area contributed by atoms with E-state index in [0.717, 1.165) is 12.3 Å². The Hall–Kier alpha value is -3.37. The van der Waals surface area contributed by atoms with E-state index >= 15 is 0 Å². The molecule has 0 N–H and O–H groups in total. The van der Waals surface area contributed by atoms with Gasteiger partial charge < -0.3 is 0 Å². The van der Waals surface area contributed by atoms with Crippen LogP contribution in [0.2, 0.25) is 0 Å². The Bertz CT molecular complexity index is 964. The summed E-state index contributed by atoms with van der Waals surface area (Å²) in [7, 11) is 0. The molecule has 0 aliphatic carbocycles. The Kier molecular flexibility index (Phi) is 4.84. The summed E-state index contributed by atoms with van der Waals surface area (Å²) in [6, 6.07) is 9.29. The number of carbonyl (C=O) groups is 1. The molecule has 0 unspecified atom stereocenters. The summed E-state index contributed by atoms with van der Waals surface area (Å²) >= 11 is 0. The first-order valence-corrected chi connectivity index (χ1v) is 7.63. The van der Waals surface area contributed by atoms with Crippen LogP contribution < -0.4 is 5.01 Å². The first-order chi connectivity index (χ1) is 13.1. The van der Waals surface area contributed by atoms with E-state index in [1.54, 1.807) is 6.07 Å². The third-order valence-corrected chi connectivity index (χ3v) is 3.61. The lowest BCUT2D eigenvalue weighted by atomic mass is 10.2. The summed E-state index contributed by atoms with van der Waals surface area (Å²) in [5.74, 6) is -1.42. The third-order valence-electron chi connectivity index (χ3n) is 3.61. The molecule has 28 heavy (non-hydrogen) atoms. The van der Waals surface area contributed by atoms with Crippen LogP contribution in [-0.4, -0.2) is 20.8 Å². The normalized spacial score (nSPS) is 12.1. The zero-order chi connectivity index (χ0) is 20.5. The largest absolute Gasteiger partial charge is 0.435 e. The highest BCUT2D eigenvalue weighted by Gasteiger charge is 2.38. The lowest BCUT2D eigenvalue weighted by Gasteiger charge is -2.24. The number of hydrogen-bond acceptors (Lipinski definition) is 3. The van der Waals surface area contributed by atoms with Crippen LogP contribution >= 0.6 is 0 Å². The van der Waals surface area contributed by atoms with Crippen molar-refractivity contribution in [2.24, 2.45) is 0 Å². The monoisotopic (exact) mass is 400 g/mol. The van der Waals surface area contributed by atoms with Crippen LogP contribution in [0.5, 0.6) is 0 Å². The quantitative estimate of drug-likeness (QED) is 0.612. The first-order valence-electron chi connectivity index (χ1n) is 7.63. The van der Waals surface area contributed by atoms with Crippen molar-refractivity contribution in [3.05, 3.63) is 77.7 Å². The standard InChI is InChI=1S/C17H10F6N4O/c18-16(19,20)12-6-7-14(24-10-12)26(15(28)11-4-2-1-3-5-11)27-13(8-9-25-27)17(21,22)23/h1-10H. The van der Waals surface area contributed by atoms with E-state index in [2.05, 4.69) is 10.1 Å². The Balaban J connectivity index is 2.13. The molecule has 1 aromatic carbocycles. The number of nitrogens with zero attached hydrogens (tertiary/aromatic N) is 4. The van der Waals surface area contributed by atoms with Gasteiger partial charge in [0.15, 0.2) is 11.5 Å². The fourth-order valence-electron chi connectivity index (χ4n) is 2.33. The molecule has 0 spiro atoms. The summed E-state index contributed by atoms with van der Waals surface area (Å²) in [6.45, 7) is 0. The van der Waals surface area contributed by atoms with E-state index in [9.17, 15) is 31.1 Å². The smallest absolute Gasteiger partial charge is 0.267 e. The number of hydrogen-bond donors (Lipinski definition) is 0. The summed E-state index contributed by atoms with van der Waals surface area (Å²) in [6.07, 6.45) is -8.31. The van der Waals surface area contributed by atoms with E-state index in [0.29, 0.717) is 23.3 Å². The summed E-state index contributed by atoms with van der Waals surface area (Å²) in [5.41, 5.74) is -2.41. The molecule has 1 amide bonds. The second-order valence-electron chi connectivity index (χ2n) is 5.49. The van der Waals surface area contributed by atoms with Gasteiger partial charge in [0.1, 0.15) is 0 Å². The highest BCUT2D eigenvalue weighted by atomic mass is 19.4. The van der Waals surface area contributed by atoms with Crippen LogP contribution in [0, 0.1) is 0 Å². The van der Waals surface area contributed by atoms with Gasteiger partial charge in [0.2, 0.25) is 0 Å². The van der Waals surface area contributed by atoms with Crippen molar-refractivity contribution >= 4 is 11.7 Å². The number of benzene rings is 1. The predicted octanol–water partition coefficient (Wildman–Crippen LogP) is 4.43. The average molecular weight is 400 g/mol. The van der Waals surface area contributed by atoms with Gasteiger partial charge in [-0.2, -0.15) is 41.2 Å². The number of pyridine rings is 1. The van der Waals surface area contributed by atoms with Gasteiger partial charge in [-0.25, -0.2) is 4.98 Å². The number of anilines is 1. The van der Waals surface area contributed by atoms with Gasteiger partial charge in [-0.1, -0.05) is 18.2 Å². The highest BCUT2D eigenvalue weighted by molar-refractivity contribution is 6.05. The van der Waals surface area contributed by atoms with Crippen LogP contribution in [0.4, 0.5) is 32.2 Å². The number of halogens is 6. The molecular weight excluding hydrogens is 390 g/mol. The predicted molar refractivity (Wildman–Crippen MR) is 85.1 cm³/mol. The molecule has 0 atom stereocenters. The number of carbonyl (C=O) groups excluding carboxylic acids is 1. The van der Waals surface area contributed by atoms with Crippen LogP contribution in [0.15, 0.2) is 60.9 Å². The summed E-state index contributed by atoms with van der Waals surface area (Å²) in [4.78, 5) is 16.6. The maximum Gasteiger partial charge on any atom is 0.435 e. The molecule has 0 saturated heterocycles. The van der Waals surface area contributed by atoms with Gasteiger partial charge in [0, 0.05) is 11.8 Å². The van der Waals surface area contributed by atoms with Crippen molar-refractivity contribution < 1.29 is 31.1 Å². The van der Waals surface area contributed by atoms with Crippen molar-refractivity contribution in [3.8, 4) is 0 Å². The van der Waals surface area contributed by atoms with Crippen LogP contribution in [0.3, 0.4) is 0 Å². The Morgan fingerprint density at radius 3 is 2.11 bits per heavy atom. The Morgan fingerprint density at radius 1 is 0.893 bits per heavy atom. The molecule has 3 rings (SSSR count). The fourth-order valence-corrected chi connectivity index (χ4v) is 2.33. The van der Waals surface area contributed by atoms with Crippen molar-refractivity contribution in [2.45, 2.75) is 12.4 Å². The van der Waals surface area contributed by atoms with Crippen molar-refractivity contribution in [1.82, 2.24) is 14.9 Å². The van der Waals surface area contributed by atoms with Gasteiger partial charge in [0.25, 0.3) is 5.91 Å². The molecule has 0 fully saturated rings. The van der Waals surface area contributed by atoms with Gasteiger partial charge in [-0.05, 0) is 30.3 Å². The molecule has 5 nitrogen and oxygen atoms in total. The Morgan fingerprint density at radius 2 is 1.57 bits per heavy atom. The first kappa shape index (κ1) is 19.4. The topological polar surface area (TPSA) is 51.0 Å². The van der Waals surface area contributed by atoms with Crippen LogP contribution in [0.25, 0.3) is 0 Å². The molecular formula is C17H10F6N4O. The number of alkyl halides is 6. The van der Waals surface area contributed by atoms with Gasteiger partial charge in [0.05, 0.1) is 11.8 Å². The minimum atomic E-state index is -4.86. The fraction of sp³-hybridized carbons (Fsp3) is 0.118. The maximum atomic E-state index is 13.3. The van der Waals surface area contributed by atoms with Crippen molar-refractivity contribution in [3.63, 3.8) is 0 Å². The van der Waals surface area contributed by atoms with Gasteiger partial charge in [-0.15, -0.1) is 0 Å². The average Bonchev–Trinajstić information content (AvgIpc) is 3.12. The molecule has 146 valence electrons. The van der Waals surface area contributed by atoms with Crippen LogP contribution in [0.1, 0.15) is 21.6 Å². The lowest BCUT2D eigenvalue weighted by molar-refractivity contribution is -0.143. The van der Waals surface area contributed by atoms with E-state index < -0.39 is 35.3 Å². The molecule has 0 bridgehead atoms. The number of rotatable bonds is 3. The highest BCUT2D eigenvalue weighted by Crippen LogP contribution is 2.32. The molecule has 0 aliphatic heterocycles. The summed E-state index contributed by atoms with van der Waals surface area (Å²) < 4.78 is 78.1. The van der Waals surface area contributed by atoms with E-state index in [1.807, 2.05) is 0 Å². The number of amides is 1. The van der Waals surface area contributed by atoms with Gasteiger partial charge in [-0.3, -0.25) is 4.79 Å². The minimum Gasteiger partial charge on any atom is -0.267 e. The second kappa shape index (κ2) is 6.98. The Labute approximate surface area is 153 Å². The maximum absolute atomic E-state index is 13.3. The SMILES string of the molecule is O=C(c1ccccc1)N(c1ccc(C(F)(F)F)cn1)n1nccc1C(F)(F)F. The molecule has 0 aliphatic rings. The third kappa shape index (κ3) is 3.82. The van der Waals surface area contributed by atoms with Crippen molar-refractivity contribution in [1.29, 1.82) is 0 Å². The molecule has 0 radical (unpaired) electrons. The molecule has 3 aromatic rings. The zero-order valence-electron chi connectivity index (χ0n) is 13.7. The minimum absolute atomic E-state index is 0.00665. The van der Waals surface area contributed by atoms with E-state index in [-0.39, 0.29) is 10.4 Å². The summed E-state index contributed by atoms with van der Waals surface area (Å²) in [5, 5.41) is 3.97. The lowest BCUT2D eigenvalue weighted by Crippen LogP contribution is -2.40. The van der Waals surface area contributed by atoms with E-state index in [4.69, 9.17) is 0 Å². The molecule has 2 heterocycles. The van der Waals surface area contributed by atoms with Crippen molar-refractivity contribution in [2.75, 3.05) is 5.01 Å². The number of aromatic nitrogens is 3. The van der Waals surface area contributed by atoms with Gasteiger partial charge >= 0.3 is 12.4 Å². The second-order valence-corrected chi connectivity index (χ2v) is 5.49. The van der Waals surface area contributed by atoms with E-state index in [1.165, 1.54) is 24.3 Å². The zero-order valence-corrected chi connectivity index (χ0v) is 13.7. The van der Waals surface area contributed by atoms with Crippen LogP contribution in [-0.2, 0) is 12.4 Å².